The van der Waals surface area contributed by atoms with Crippen LogP contribution in [0.15, 0.2) is 12.4 Å². The van der Waals surface area contributed by atoms with Crippen molar-refractivity contribution in [1.82, 2.24) is 9.55 Å². The molecule has 0 saturated carbocycles. The largest absolute Gasteiger partial charge is 0.481 e. The predicted molar refractivity (Wildman–Crippen MR) is 57.6 cm³/mol. The van der Waals surface area contributed by atoms with Crippen molar-refractivity contribution >= 4 is 5.97 Å². The Hall–Kier alpha value is -1.32. The number of aryl methyl sites for hydroxylation is 1. The maximum atomic E-state index is 11.0. The molecule has 1 N–H and O–H groups in total. The molecule has 0 amide bonds. The van der Waals surface area contributed by atoms with Crippen LogP contribution in [-0.4, -0.2) is 20.6 Å². The highest BCUT2D eigenvalue weighted by molar-refractivity contribution is 5.70. The Labute approximate surface area is 89.9 Å². The zero-order chi connectivity index (χ0) is 11.3. The SMILES string of the molecule is CCCC(Cc1nccn1CC)C(=O)O. The zero-order valence-electron chi connectivity index (χ0n) is 9.31. The molecule has 0 radical (unpaired) electrons. The minimum Gasteiger partial charge on any atom is -0.481 e. The van der Waals surface area contributed by atoms with E-state index in [2.05, 4.69) is 4.98 Å². The van der Waals surface area contributed by atoms with Gasteiger partial charge in [-0.05, 0) is 13.3 Å². The second kappa shape index (κ2) is 5.53. The van der Waals surface area contributed by atoms with E-state index in [1.807, 2.05) is 24.6 Å². The molecule has 1 aromatic heterocycles. The first-order valence-electron chi connectivity index (χ1n) is 5.41. The lowest BCUT2D eigenvalue weighted by atomic mass is 10.00. The molecule has 1 atom stereocenters. The summed E-state index contributed by atoms with van der Waals surface area (Å²) in [5.41, 5.74) is 0. The van der Waals surface area contributed by atoms with Crippen molar-refractivity contribution in [2.75, 3.05) is 0 Å². The van der Waals surface area contributed by atoms with Gasteiger partial charge in [-0.2, -0.15) is 0 Å². The van der Waals surface area contributed by atoms with Crippen LogP contribution < -0.4 is 0 Å². The first-order chi connectivity index (χ1) is 7.19. The van der Waals surface area contributed by atoms with Gasteiger partial charge in [-0.1, -0.05) is 13.3 Å². The van der Waals surface area contributed by atoms with Crippen LogP contribution in [0.2, 0.25) is 0 Å². The van der Waals surface area contributed by atoms with E-state index in [4.69, 9.17) is 5.11 Å². The third-order valence-electron chi connectivity index (χ3n) is 2.56. The number of carbonyl (C=O) groups is 1. The zero-order valence-corrected chi connectivity index (χ0v) is 9.31. The summed E-state index contributed by atoms with van der Waals surface area (Å²) in [6.45, 7) is 4.87. The number of imidazole rings is 1. The third kappa shape index (κ3) is 3.08. The molecule has 1 heterocycles. The van der Waals surface area contributed by atoms with E-state index >= 15 is 0 Å². The van der Waals surface area contributed by atoms with Crippen LogP contribution in [0.4, 0.5) is 0 Å². The number of carboxylic acid groups (broad SMARTS) is 1. The van der Waals surface area contributed by atoms with Gasteiger partial charge in [0.2, 0.25) is 0 Å². The number of hydrogen-bond acceptors (Lipinski definition) is 2. The molecule has 0 fully saturated rings. The molecule has 0 spiro atoms. The van der Waals surface area contributed by atoms with E-state index in [1.165, 1.54) is 0 Å². The number of rotatable bonds is 6. The number of aliphatic carboxylic acids is 1. The van der Waals surface area contributed by atoms with Crippen molar-refractivity contribution < 1.29 is 9.90 Å². The molecule has 0 aromatic carbocycles. The predicted octanol–water partition coefficient (Wildman–Crippen LogP) is 1.95. The van der Waals surface area contributed by atoms with E-state index in [0.29, 0.717) is 12.8 Å². The van der Waals surface area contributed by atoms with Crippen molar-refractivity contribution in [2.45, 2.75) is 39.7 Å². The van der Waals surface area contributed by atoms with Crippen molar-refractivity contribution in [1.29, 1.82) is 0 Å². The average Bonchev–Trinajstić information content (AvgIpc) is 2.64. The van der Waals surface area contributed by atoms with E-state index in [1.54, 1.807) is 6.20 Å². The van der Waals surface area contributed by atoms with E-state index < -0.39 is 5.97 Å². The highest BCUT2D eigenvalue weighted by atomic mass is 16.4. The van der Waals surface area contributed by atoms with Gasteiger partial charge in [0.05, 0.1) is 5.92 Å². The fraction of sp³-hybridized carbons (Fsp3) is 0.636. The lowest BCUT2D eigenvalue weighted by molar-refractivity contribution is -0.142. The Bertz CT molecular complexity index is 320. The van der Waals surface area contributed by atoms with Gasteiger partial charge >= 0.3 is 5.97 Å². The lowest BCUT2D eigenvalue weighted by Crippen LogP contribution is -2.18. The van der Waals surface area contributed by atoms with Crippen molar-refractivity contribution in [3.8, 4) is 0 Å². The first-order valence-corrected chi connectivity index (χ1v) is 5.41. The number of nitrogens with zero attached hydrogens (tertiary/aromatic N) is 2. The maximum Gasteiger partial charge on any atom is 0.306 e. The van der Waals surface area contributed by atoms with Gasteiger partial charge in [-0.25, -0.2) is 4.98 Å². The quantitative estimate of drug-likeness (QED) is 0.780. The van der Waals surface area contributed by atoms with E-state index in [9.17, 15) is 4.79 Å². The highest BCUT2D eigenvalue weighted by Crippen LogP contribution is 2.13. The molecule has 15 heavy (non-hydrogen) atoms. The van der Waals surface area contributed by atoms with Crippen LogP contribution in [0.1, 0.15) is 32.5 Å². The topological polar surface area (TPSA) is 55.1 Å². The van der Waals surface area contributed by atoms with Gasteiger partial charge in [0.15, 0.2) is 0 Å². The van der Waals surface area contributed by atoms with Crippen molar-refractivity contribution in [3.05, 3.63) is 18.2 Å². The normalized spacial score (nSPS) is 12.7. The molecule has 1 unspecified atom stereocenters. The Morgan fingerprint density at radius 1 is 1.60 bits per heavy atom. The molecule has 0 aliphatic carbocycles. The van der Waals surface area contributed by atoms with Crippen molar-refractivity contribution in [2.24, 2.45) is 5.92 Å². The van der Waals surface area contributed by atoms with Gasteiger partial charge in [0.1, 0.15) is 5.82 Å². The highest BCUT2D eigenvalue weighted by Gasteiger charge is 2.18. The summed E-state index contributed by atoms with van der Waals surface area (Å²) in [6.07, 6.45) is 5.75. The van der Waals surface area contributed by atoms with Gasteiger partial charge in [-0.15, -0.1) is 0 Å². The average molecular weight is 210 g/mol. The van der Waals surface area contributed by atoms with Crippen LogP contribution in [0.25, 0.3) is 0 Å². The lowest BCUT2D eigenvalue weighted by Gasteiger charge is -2.11. The fourth-order valence-electron chi connectivity index (χ4n) is 1.70. The van der Waals surface area contributed by atoms with Crippen molar-refractivity contribution in [3.63, 3.8) is 0 Å². The number of aromatic nitrogens is 2. The molecule has 4 heteroatoms. The molecule has 4 nitrogen and oxygen atoms in total. The minimum absolute atomic E-state index is 0.303. The van der Waals surface area contributed by atoms with Gasteiger partial charge in [0, 0.05) is 25.4 Å². The fourth-order valence-corrected chi connectivity index (χ4v) is 1.70. The molecule has 0 aliphatic rings. The summed E-state index contributed by atoms with van der Waals surface area (Å²) < 4.78 is 1.99. The Morgan fingerprint density at radius 2 is 2.33 bits per heavy atom. The molecule has 1 aromatic rings. The van der Waals surface area contributed by atoms with Crippen LogP contribution in [0.3, 0.4) is 0 Å². The Morgan fingerprint density at radius 3 is 2.87 bits per heavy atom. The Kier molecular flexibility index (Phi) is 4.34. The molecular formula is C11H18N2O2. The van der Waals surface area contributed by atoms with Crippen LogP contribution >= 0.6 is 0 Å². The summed E-state index contributed by atoms with van der Waals surface area (Å²) >= 11 is 0. The van der Waals surface area contributed by atoms with E-state index in [0.717, 1.165) is 18.8 Å². The maximum absolute atomic E-state index is 11.0. The third-order valence-corrected chi connectivity index (χ3v) is 2.56. The van der Waals surface area contributed by atoms with Gasteiger partial charge in [0.25, 0.3) is 0 Å². The minimum atomic E-state index is -0.720. The molecule has 0 aliphatic heterocycles. The summed E-state index contributed by atoms with van der Waals surface area (Å²) in [6, 6.07) is 0. The van der Waals surface area contributed by atoms with Crippen LogP contribution in [0, 0.1) is 5.92 Å². The monoisotopic (exact) mass is 210 g/mol. The molecule has 0 saturated heterocycles. The summed E-state index contributed by atoms with van der Waals surface area (Å²) in [7, 11) is 0. The Balaban J connectivity index is 2.69. The number of carboxylic acids is 1. The smallest absolute Gasteiger partial charge is 0.306 e. The van der Waals surface area contributed by atoms with Crippen LogP contribution in [0.5, 0.6) is 0 Å². The summed E-state index contributed by atoms with van der Waals surface area (Å²) in [5.74, 6) is -0.149. The van der Waals surface area contributed by atoms with E-state index in [-0.39, 0.29) is 5.92 Å². The summed E-state index contributed by atoms with van der Waals surface area (Å²) in [4.78, 5) is 15.2. The summed E-state index contributed by atoms with van der Waals surface area (Å²) in [5, 5.41) is 9.03. The molecule has 1 rings (SSSR count). The molecular weight excluding hydrogens is 192 g/mol. The van der Waals surface area contributed by atoms with Gasteiger partial charge < -0.3 is 9.67 Å². The van der Waals surface area contributed by atoms with Gasteiger partial charge in [-0.3, -0.25) is 4.79 Å². The first kappa shape index (κ1) is 11.8. The second-order valence-corrected chi connectivity index (χ2v) is 3.66. The molecule has 84 valence electrons. The second-order valence-electron chi connectivity index (χ2n) is 3.66. The number of hydrogen-bond donors (Lipinski definition) is 1. The van der Waals surface area contributed by atoms with Crippen LogP contribution in [-0.2, 0) is 17.8 Å². The molecule has 0 bridgehead atoms. The standard InChI is InChI=1S/C11H18N2O2/c1-3-5-9(11(14)15)8-10-12-6-7-13(10)4-2/h6-7,9H,3-5,8H2,1-2H3,(H,14,15).